The Morgan fingerprint density at radius 2 is 1.64 bits per heavy atom. The lowest BCUT2D eigenvalue weighted by atomic mass is 10.1. The molecule has 0 aliphatic rings. The third kappa shape index (κ3) is 4.61. The molecule has 0 atom stereocenters. The fraction of sp³-hybridized carbons (Fsp3) is 0.190. The number of carbonyl (C=O) groups excluding carboxylic acids is 1. The van der Waals surface area contributed by atoms with Gasteiger partial charge in [0.15, 0.2) is 0 Å². The van der Waals surface area contributed by atoms with Crippen molar-refractivity contribution < 1.29 is 13.2 Å². The van der Waals surface area contributed by atoms with E-state index < -0.39 is 10.0 Å². The van der Waals surface area contributed by atoms with E-state index in [1.165, 1.54) is 11.3 Å². The summed E-state index contributed by atoms with van der Waals surface area (Å²) < 4.78 is 28.2. The summed E-state index contributed by atoms with van der Waals surface area (Å²) in [4.78, 5) is 13.9. The summed E-state index contributed by atoms with van der Waals surface area (Å²) in [7, 11) is -2.01. The Morgan fingerprint density at radius 1 is 1.00 bits per heavy atom. The van der Waals surface area contributed by atoms with Crippen molar-refractivity contribution in [3.63, 3.8) is 0 Å². The number of sulfonamides is 1. The van der Waals surface area contributed by atoms with Crippen LogP contribution in [0.3, 0.4) is 0 Å². The summed E-state index contributed by atoms with van der Waals surface area (Å²) in [6.07, 6.45) is 0.165. The van der Waals surface area contributed by atoms with Gasteiger partial charge in [0.2, 0.25) is 5.91 Å². The minimum atomic E-state index is -3.73. The SMILES string of the molecule is CCN(C)C(=O)Cc1cscc1NS(=O)(=O)c1ccc(-c2ccccc2)cc1. The van der Waals surface area contributed by atoms with Gasteiger partial charge in [-0.1, -0.05) is 42.5 Å². The third-order valence-electron chi connectivity index (χ3n) is 4.50. The summed E-state index contributed by atoms with van der Waals surface area (Å²) in [5.41, 5.74) is 3.11. The van der Waals surface area contributed by atoms with Gasteiger partial charge in [-0.15, -0.1) is 11.3 Å². The highest BCUT2D eigenvalue weighted by Crippen LogP contribution is 2.26. The van der Waals surface area contributed by atoms with E-state index in [9.17, 15) is 13.2 Å². The van der Waals surface area contributed by atoms with Gasteiger partial charge in [0.05, 0.1) is 17.0 Å². The van der Waals surface area contributed by atoms with Crippen molar-refractivity contribution in [2.75, 3.05) is 18.3 Å². The predicted molar refractivity (Wildman–Crippen MR) is 114 cm³/mol. The molecule has 146 valence electrons. The van der Waals surface area contributed by atoms with Crippen LogP contribution in [0.5, 0.6) is 0 Å². The molecule has 2 aromatic carbocycles. The largest absolute Gasteiger partial charge is 0.346 e. The molecule has 1 heterocycles. The first kappa shape index (κ1) is 20.1. The molecule has 3 aromatic rings. The number of nitrogens with one attached hydrogen (secondary N) is 1. The number of likely N-dealkylation sites (N-methyl/N-ethyl adjacent to an activating group) is 1. The van der Waals surface area contributed by atoms with E-state index in [2.05, 4.69) is 4.72 Å². The smallest absolute Gasteiger partial charge is 0.261 e. The first-order valence-electron chi connectivity index (χ1n) is 8.88. The summed E-state index contributed by atoms with van der Waals surface area (Å²) in [6, 6.07) is 16.5. The maximum atomic E-state index is 12.8. The van der Waals surface area contributed by atoms with Crippen LogP contribution in [0, 0.1) is 0 Å². The van der Waals surface area contributed by atoms with Crippen LogP contribution in [-0.4, -0.2) is 32.8 Å². The Labute approximate surface area is 169 Å². The van der Waals surface area contributed by atoms with Gasteiger partial charge in [0, 0.05) is 19.0 Å². The molecule has 0 saturated heterocycles. The number of hydrogen-bond acceptors (Lipinski definition) is 4. The van der Waals surface area contributed by atoms with E-state index in [0.29, 0.717) is 17.8 Å². The number of thiophene rings is 1. The second kappa shape index (κ2) is 8.58. The number of hydrogen-bond donors (Lipinski definition) is 1. The Morgan fingerprint density at radius 3 is 2.29 bits per heavy atom. The standard InChI is InChI=1S/C21H22N2O3S2/c1-3-23(2)21(24)13-18-14-27-15-20(18)22-28(25,26)19-11-9-17(10-12-19)16-7-5-4-6-8-16/h4-12,14-15,22H,3,13H2,1-2H3. The lowest BCUT2D eigenvalue weighted by Gasteiger charge is -2.15. The predicted octanol–water partition coefficient (Wildman–Crippen LogP) is 4.24. The maximum Gasteiger partial charge on any atom is 0.261 e. The number of benzene rings is 2. The zero-order valence-electron chi connectivity index (χ0n) is 15.8. The zero-order chi connectivity index (χ0) is 20.1. The molecule has 5 nitrogen and oxygen atoms in total. The molecular weight excluding hydrogens is 392 g/mol. The van der Waals surface area contributed by atoms with Crippen molar-refractivity contribution in [1.29, 1.82) is 0 Å². The van der Waals surface area contributed by atoms with Crippen molar-refractivity contribution in [1.82, 2.24) is 4.90 Å². The molecule has 0 unspecified atom stereocenters. The van der Waals surface area contributed by atoms with E-state index in [1.807, 2.05) is 37.3 Å². The average Bonchev–Trinajstić information content (AvgIpc) is 3.13. The van der Waals surface area contributed by atoms with Crippen LogP contribution in [0.15, 0.2) is 70.3 Å². The highest BCUT2D eigenvalue weighted by atomic mass is 32.2. The average molecular weight is 415 g/mol. The monoisotopic (exact) mass is 414 g/mol. The molecule has 1 N–H and O–H groups in total. The van der Waals surface area contributed by atoms with E-state index >= 15 is 0 Å². The van der Waals surface area contributed by atoms with E-state index in [-0.39, 0.29) is 17.2 Å². The van der Waals surface area contributed by atoms with Gasteiger partial charge < -0.3 is 4.90 Å². The minimum absolute atomic E-state index is 0.0476. The lowest BCUT2D eigenvalue weighted by molar-refractivity contribution is -0.128. The van der Waals surface area contributed by atoms with Gasteiger partial charge in [-0.25, -0.2) is 8.42 Å². The molecule has 1 aromatic heterocycles. The van der Waals surface area contributed by atoms with Gasteiger partial charge in [-0.05, 0) is 41.1 Å². The Balaban J connectivity index is 1.78. The highest BCUT2D eigenvalue weighted by Gasteiger charge is 2.18. The van der Waals surface area contributed by atoms with E-state index in [0.717, 1.165) is 11.1 Å². The van der Waals surface area contributed by atoms with Crippen LogP contribution in [0.4, 0.5) is 5.69 Å². The number of anilines is 1. The first-order valence-corrected chi connectivity index (χ1v) is 11.3. The second-order valence-corrected chi connectivity index (χ2v) is 8.82. The van der Waals surface area contributed by atoms with Crippen LogP contribution in [0.25, 0.3) is 11.1 Å². The van der Waals surface area contributed by atoms with Crippen molar-refractivity contribution in [2.45, 2.75) is 18.2 Å². The number of carbonyl (C=O) groups is 1. The molecule has 0 fully saturated rings. The van der Waals surface area contributed by atoms with Crippen LogP contribution in [0.2, 0.25) is 0 Å². The maximum absolute atomic E-state index is 12.8. The second-order valence-electron chi connectivity index (χ2n) is 6.39. The molecule has 3 rings (SSSR count). The molecule has 0 radical (unpaired) electrons. The molecule has 0 aliphatic heterocycles. The zero-order valence-corrected chi connectivity index (χ0v) is 17.4. The van der Waals surface area contributed by atoms with Crippen LogP contribution >= 0.6 is 11.3 Å². The quantitative estimate of drug-likeness (QED) is 0.629. The molecule has 7 heteroatoms. The van der Waals surface area contributed by atoms with Crippen LogP contribution < -0.4 is 4.72 Å². The summed E-state index contributed by atoms with van der Waals surface area (Å²) in [5.74, 6) is -0.0476. The molecule has 1 amide bonds. The van der Waals surface area contributed by atoms with Gasteiger partial charge in [-0.3, -0.25) is 9.52 Å². The molecule has 0 spiro atoms. The van der Waals surface area contributed by atoms with E-state index in [1.54, 1.807) is 47.0 Å². The van der Waals surface area contributed by atoms with Crippen molar-refractivity contribution in [2.24, 2.45) is 0 Å². The van der Waals surface area contributed by atoms with Gasteiger partial charge in [0.1, 0.15) is 0 Å². The number of rotatable bonds is 7. The minimum Gasteiger partial charge on any atom is -0.346 e. The highest BCUT2D eigenvalue weighted by molar-refractivity contribution is 7.92. The van der Waals surface area contributed by atoms with E-state index in [4.69, 9.17) is 0 Å². The molecule has 28 heavy (non-hydrogen) atoms. The molecule has 0 bridgehead atoms. The topological polar surface area (TPSA) is 66.5 Å². The normalized spacial score (nSPS) is 11.2. The van der Waals surface area contributed by atoms with Gasteiger partial charge in [-0.2, -0.15) is 0 Å². The molecular formula is C21H22N2O3S2. The Hall–Kier alpha value is -2.64. The summed E-state index contributed by atoms with van der Waals surface area (Å²) >= 11 is 1.37. The van der Waals surface area contributed by atoms with Crippen molar-refractivity contribution in [3.8, 4) is 11.1 Å². The molecule has 0 aliphatic carbocycles. The third-order valence-corrected chi connectivity index (χ3v) is 6.67. The summed E-state index contributed by atoms with van der Waals surface area (Å²) in [5, 5.41) is 3.52. The van der Waals surface area contributed by atoms with Crippen LogP contribution in [0.1, 0.15) is 12.5 Å². The lowest BCUT2D eigenvalue weighted by Crippen LogP contribution is -2.28. The van der Waals surface area contributed by atoms with Crippen molar-refractivity contribution in [3.05, 3.63) is 70.9 Å². The van der Waals surface area contributed by atoms with Gasteiger partial charge >= 0.3 is 0 Å². The van der Waals surface area contributed by atoms with Gasteiger partial charge in [0.25, 0.3) is 10.0 Å². The van der Waals surface area contributed by atoms with Crippen molar-refractivity contribution >= 4 is 33.0 Å². The number of nitrogens with zero attached hydrogens (tertiary/aromatic N) is 1. The Kier molecular flexibility index (Phi) is 6.16. The fourth-order valence-corrected chi connectivity index (χ4v) is 4.64. The molecule has 0 saturated carbocycles. The summed E-state index contributed by atoms with van der Waals surface area (Å²) in [6.45, 7) is 2.51. The first-order chi connectivity index (χ1) is 13.4. The Bertz CT molecular complexity index is 1040. The fourth-order valence-electron chi connectivity index (χ4n) is 2.68. The van der Waals surface area contributed by atoms with Crippen LogP contribution in [-0.2, 0) is 21.2 Å². The number of amides is 1.